The van der Waals surface area contributed by atoms with E-state index in [0.717, 1.165) is 35.9 Å². The Balaban J connectivity index is 1.30. The molecule has 0 spiro atoms. The summed E-state index contributed by atoms with van der Waals surface area (Å²) in [5, 5.41) is 27.2. The number of carboxylic acids is 1. The van der Waals surface area contributed by atoms with Crippen LogP contribution in [0.3, 0.4) is 0 Å². The molecule has 0 aromatic carbocycles. The number of anilines is 1. The van der Waals surface area contributed by atoms with Gasteiger partial charge in [-0.15, -0.1) is 11.8 Å². The molecule has 5 rings (SSSR count). The summed E-state index contributed by atoms with van der Waals surface area (Å²) < 4.78 is 3.82. The van der Waals surface area contributed by atoms with Gasteiger partial charge in [-0.25, -0.2) is 4.79 Å². The van der Waals surface area contributed by atoms with E-state index in [-0.39, 0.29) is 28.3 Å². The summed E-state index contributed by atoms with van der Waals surface area (Å²) >= 11 is 2.07. The van der Waals surface area contributed by atoms with E-state index in [1.54, 1.807) is 11.0 Å². The van der Waals surface area contributed by atoms with Crippen LogP contribution in [0.2, 0.25) is 0 Å². The Kier molecular flexibility index (Phi) is 6.87. The molecular weight excluding hydrogens is 524 g/mol. The lowest BCUT2D eigenvalue weighted by molar-refractivity contribution is -0.150. The molecule has 0 saturated carbocycles. The van der Waals surface area contributed by atoms with E-state index in [2.05, 4.69) is 25.1 Å². The van der Waals surface area contributed by atoms with Crippen LogP contribution in [0.15, 0.2) is 28.1 Å². The number of hydrogen-bond acceptors (Lipinski definition) is 12. The molecule has 1 aromatic rings. The highest BCUT2D eigenvalue weighted by atomic mass is 32.2. The monoisotopic (exact) mass is 548 g/mol. The van der Waals surface area contributed by atoms with Gasteiger partial charge in [0.05, 0.1) is 0 Å². The second kappa shape index (κ2) is 10.1. The minimum Gasteiger partial charge on any atom is -0.477 e. The summed E-state index contributed by atoms with van der Waals surface area (Å²) in [6.07, 6.45) is 3.12. The molecule has 3 fully saturated rings. The Morgan fingerprint density at radius 2 is 2.16 bits per heavy atom. The average molecular weight is 549 g/mol. The van der Waals surface area contributed by atoms with Gasteiger partial charge >= 0.3 is 5.97 Å². The fourth-order valence-electron chi connectivity index (χ4n) is 4.85. The van der Waals surface area contributed by atoms with E-state index in [9.17, 15) is 29.5 Å². The smallest absolute Gasteiger partial charge is 0.352 e. The van der Waals surface area contributed by atoms with Crippen molar-refractivity contribution in [2.24, 2.45) is 11.1 Å². The van der Waals surface area contributed by atoms with Crippen LogP contribution in [0.5, 0.6) is 0 Å². The zero-order valence-corrected chi connectivity index (χ0v) is 21.0. The van der Waals surface area contributed by atoms with Crippen LogP contribution >= 0.6 is 23.3 Å². The standard InChI is InChI=1S/C21H24N8O6S2/c22-21-25-15(27-37-21)12(26-35)16(30)24-13-18(32)29-14(20(33)34)11(8-36-19(13)29)5-10-2-4-28(17(10)31)7-9-1-3-23-6-9/h5,9,13,19,23,35H,1-4,6-8H2,(H,24,30)(H,33,34)(H2,22,25,27)/t9?,13-,19-/m1/s1. The summed E-state index contributed by atoms with van der Waals surface area (Å²) in [6, 6.07) is -1.04. The Hall–Kier alpha value is -3.50. The molecule has 6 N–H and O–H groups in total. The molecule has 37 heavy (non-hydrogen) atoms. The minimum absolute atomic E-state index is 0.0648. The molecule has 14 nitrogen and oxygen atoms in total. The number of likely N-dealkylation sites (tertiary alicyclic amines) is 1. The van der Waals surface area contributed by atoms with Crippen molar-refractivity contribution >= 4 is 57.8 Å². The van der Waals surface area contributed by atoms with Crippen molar-refractivity contribution in [1.82, 2.24) is 29.8 Å². The molecule has 196 valence electrons. The Bertz CT molecular complexity index is 1250. The number of fused-ring (bicyclic) bond motifs is 1. The largest absolute Gasteiger partial charge is 0.477 e. The van der Waals surface area contributed by atoms with Crippen molar-refractivity contribution in [2.45, 2.75) is 24.3 Å². The van der Waals surface area contributed by atoms with Crippen LogP contribution in [0.1, 0.15) is 18.7 Å². The zero-order valence-electron chi connectivity index (χ0n) is 19.4. The van der Waals surface area contributed by atoms with E-state index < -0.39 is 34.9 Å². The summed E-state index contributed by atoms with van der Waals surface area (Å²) in [4.78, 5) is 57.4. The highest BCUT2D eigenvalue weighted by molar-refractivity contribution is 8.00. The number of carbonyl (C=O) groups is 4. The van der Waals surface area contributed by atoms with Crippen LogP contribution in [-0.2, 0) is 19.2 Å². The van der Waals surface area contributed by atoms with Gasteiger partial charge in [-0.1, -0.05) is 5.16 Å². The number of hydrogen-bond donors (Lipinski definition) is 5. The molecule has 3 saturated heterocycles. The number of allylic oxidation sites excluding steroid dienone is 1. The van der Waals surface area contributed by atoms with Gasteiger partial charge in [-0.3, -0.25) is 19.3 Å². The number of nitrogen functional groups attached to an aromatic ring is 1. The van der Waals surface area contributed by atoms with E-state index in [1.807, 2.05) is 0 Å². The third kappa shape index (κ3) is 4.67. The van der Waals surface area contributed by atoms with Gasteiger partial charge in [0.15, 0.2) is 5.13 Å². The van der Waals surface area contributed by atoms with Crippen LogP contribution in [0, 0.1) is 5.92 Å². The lowest BCUT2D eigenvalue weighted by Gasteiger charge is -2.49. The fraction of sp³-hybridized carbons (Fsp3) is 0.476. The van der Waals surface area contributed by atoms with E-state index in [0.29, 0.717) is 36.6 Å². The number of nitrogens with two attached hydrogens (primary N) is 1. The third-order valence-electron chi connectivity index (χ3n) is 6.66. The first kappa shape index (κ1) is 25.2. The summed E-state index contributed by atoms with van der Waals surface area (Å²) in [5.41, 5.74) is 5.68. The van der Waals surface area contributed by atoms with Gasteiger partial charge in [0.2, 0.25) is 17.4 Å². The molecule has 1 aromatic heterocycles. The Labute approximate surface area is 218 Å². The minimum atomic E-state index is -1.30. The molecular formula is C21H24N8O6S2. The van der Waals surface area contributed by atoms with Crippen LogP contribution < -0.4 is 16.4 Å². The van der Waals surface area contributed by atoms with Crippen molar-refractivity contribution in [3.63, 3.8) is 0 Å². The lowest BCUT2D eigenvalue weighted by atomic mass is 10.0. The molecule has 3 atom stereocenters. The molecule has 0 bridgehead atoms. The molecule has 4 aliphatic heterocycles. The first-order valence-corrected chi connectivity index (χ1v) is 13.3. The first-order chi connectivity index (χ1) is 17.8. The predicted molar refractivity (Wildman–Crippen MR) is 133 cm³/mol. The number of aliphatic carboxylic acids is 1. The van der Waals surface area contributed by atoms with E-state index in [1.165, 1.54) is 11.8 Å². The van der Waals surface area contributed by atoms with E-state index in [4.69, 9.17) is 5.73 Å². The number of oxime groups is 1. The second-order valence-corrected chi connectivity index (χ2v) is 10.9. The zero-order chi connectivity index (χ0) is 26.3. The Morgan fingerprint density at radius 1 is 1.35 bits per heavy atom. The summed E-state index contributed by atoms with van der Waals surface area (Å²) in [7, 11) is 0. The number of aromatic nitrogens is 2. The number of rotatable bonds is 7. The number of nitrogens with zero attached hydrogens (tertiary/aromatic N) is 5. The van der Waals surface area contributed by atoms with Gasteiger partial charge in [0.1, 0.15) is 17.1 Å². The van der Waals surface area contributed by atoms with Crippen molar-refractivity contribution < 1.29 is 29.5 Å². The lowest BCUT2D eigenvalue weighted by Crippen LogP contribution is -2.71. The first-order valence-electron chi connectivity index (χ1n) is 11.5. The van der Waals surface area contributed by atoms with Gasteiger partial charge in [0.25, 0.3) is 11.8 Å². The molecule has 16 heteroatoms. The highest BCUT2D eigenvalue weighted by Crippen LogP contribution is 2.41. The quantitative estimate of drug-likeness (QED) is 0.0900. The molecule has 0 radical (unpaired) electrons. The van der Waals surface area contributed by atoms with Crippen LogP contribution in [0.25, 0.3) is 0 Å². The number of thioether (sulfide) groups is 1. The van der Waals surface area contributed by atoms with Crippen molar-refractivity contribution in [3.05, 3.63) is 28.7 Å². The number of β-lactam (4-membered cyclic amide) rings is 1. The molecule has 5 heterocycles. The van der Waals surface area contributed by atoms with Gasteiger partial charge in [0, 0.05) is 35.9 Å². The van der Waals surface area contributed by atoms with Crippen LogP contribution in [-0.4, -0.2) is 102 Å². The highest BCUT2D eigenvalue weighted by Gasteiger charge is 2.54. The Morgan fingerprint density at radius 3 is 2.81 bits per heavy atom. The van der Waals surface area contributed by atoms with Gasteiger partial charge in [-0.05, 0) is 43.5 Å². The number of carboxylic acid groups (broad SMARTS) is 1. The maximum absolute atomic E-state index is 12.9. The maximum atomic E-state index is 12.9. The summed E-state index contributed by atoms with van der Waals surface area (Å²) in [6.45, 7) is 3.07. The third-order valence-corrected chi connectivity index (χ3v) is 8.50. The second-order valence-electron chi connectivity index (χ2n) is 8.97. The molecule has 0 aliphatic carbocycles. The van der Waals surface area contributed by atoms with Gasteiger partial charge < -0.3 is 31.6 Å². The topological polar surface area (TPSA) is 203 Å². The molecule has 3 amide bonds. The predicted octanol–water partition coefficient (Wildman–Crippen LogP) is -1.19. The maximum Gasteiger partial charge on any atom is 0.352 e. The van der Waals surface area contributed by atoms with Crippen molar-refractivity contribution in [3.8, 4) is 0 Å². The van der Waals surface area contributed by atoms with E-state index >= 15 is 0 Å². The van der Waals surface area contributed by atoms with Gasteiger partial charge in [-0.2, -0.15) is 9.36 Å². The van der Waals surface area contributed by atoms with Crippen molar-refractivity contribution in [1.29, 1.82) is 0 Å². The molecule has 4 aliphatic rings. The summed E-state index contributed by atoms with van der Waals surface area (Å²) in [5.74, 6) is -2.48. The van der Waals surface area contributed by atoms with Crippen LogP contribution in [0.4, 0.5) is 5.13 Å². The van der Waals surface area contributed by atoms with Crippen molar-refractivity contribution in [2.75, 3.05) is 37.7 Å². The number of nitrogens with one attached hydrogen (secondary N) is 2. The SMILES string of the molecule is Nc1nc(C(=NO)C(=O)N[C@@H]2C(=O)N3C(C(=O)O)=C(C=C4CCN(CC5CCNC5)C4=O)CS[C@H]23)ns1. The average Bonchev–Trinajstić information content (AvgIpc) is 3.62. The normalized spacial score (nSPS) is 27.1. The number of carbonyl (C=O) groups excluding carboxylic acids is 3. The molecule has 1 unspecified atom stereocenters. The fourth-order valence-corrected chi connectivity index (χ4v) is 6.59. The number of amides is 3.